The standard InChI is InChI=1S/C20H22N4O2Se2/c25-19-15-5-1-3-7-17(15)27-23(19)13-11-21-9-10-22-12-14-24-20(26)16-6-2-4-8-18(16)28-24/h1-8,21-22H,9-14H2. The van der Waals surface area contributed by atoms with Gasteiger partial charge in [-0.2, -0.15) is 0 Å². The van der Waals surface area contributed by atoms with E-state index in [-0.39, 0.29) is 40.6 Å². The topological polar surface area (TPSA) is 68.1 Å². The van der Waals surface area contributed by atoms with Crippen LogP contribution in [0.5, 0.6) is 0 Å². The van der Waals surface area contributed by atoms with Gasteiger partial charge in [0.2, 0.25) is 0 Å². The second-order valence-electron chi connectivity index (χ2n) is 6.49. The first-order chi connectivity index (χ1) is 13.7. The van der Waals surface area contributed by atoms with Crippen LogP contribution in [0.2, 0.25) is 0 Å². The number of aromatic nitrogens is 2. The predicted molar refractivity (Wildman–Crippen MR) is 116 cm³/mol. The zero-order valence-corrected chi connectivity index (χ0v) is 18.8. The van der Waals surface area contributed by atoms with Gasteiger partial charge >= 0.3 is 175 Å². The average molecular weight is 508 g/mol. The molecule has 0 aliphatic heterocycles. The maximum atomic E-state index is 12.3. The molecule has 8 heteroatoms. The van der Waals surface area contributed by atoms with Crippen molar-refractivity contribution in [2.24, 2.45) is 0 Å². The van der Waals surface area contributed by atoms with Crippen molar-refractivity contribution in [2.45, 2.75) is 13.1 Å². The number of hydrogen-bond acceptors (Lipinski definition) is 4. The zero-order chi connectivity index (χ0) is 19.3. The minimum absolute atomic E-state index is 0.106. The first-order valence-electron chi connectivity index (χ1n) is 9.33. The van der Waals surface area contributed by atoms with Crippen LogP contribution in [-0.2, 0) is 13.1 Å². The summed E-state index contributed by atoms with van der Waals surface area (Å²) in [7, 11) is 0. The Morgan fingerprint density at radius 2 is 1.07 bits per heavy atom. The summed E-state index contributed by atoms with van der Waals surface area (Å²) in [5.74, 6) is 0. The number of fused-ring (bicyclic) bond motifs is 2. The zero-order valence-electron chi connectivity index (χ0n) is 15.4. The van der Waals surface area contributed by atoms with E-state index in [2.05, 4.69) is 22.8 Å². The second kappa shape index (κ2) is 9.22. The fraction of sp³-hybridized carbons (Fsp3) is 0.300. The molecule has 0 spiro atoms. The molecule has 2 aromatic heterocycles. The third-order valence-electron chi connectivity index (χ3n) is 4.57. The van der Waals surface area contributed by atoms with Gasteiger partial charge in [0.05, 0.1) is 0 Å². The van der Waals surface area contributed by atoms with Gasteiger partial charge in [-0.15, -0.1) is 0 Å². The number of nitrogens with one attached hydrogen (secondary N) is 2. The third kappa shape index (κ3) is 4.33. The number of benzene rings is 2. The molecule has 0 atom stereocenters. The summed E-state index contributed by atoms with van der Waals surface area (Å²) in [4.78, 5) is 24.6. The normalized spacial score (nSPS) is 11.6. The van der Waals surface area contributed by atoms with Gasteiger partial charge in [-0.05, 0) is 0 Å². The van der Waals surface area contributed by atoms with Crippen LogP contribution in [0, 0.1) is 0 Å². The van der Waals surface area contributed by atoms with E-state index < -0.39 is 0 Å². The third-order valence-corrected chi connectivity index (χ3v) is 9.27. The average Bonchev–Trinajstić information content (AvgIpc) is 3.21. The van der Waals surface area contributed by atoms with Gasteiger partial charge < -0.3 is 0 Å². The fourth-order valence-corrected chi connectivity index (χ4v) is 7.29. The van der Waals surface area contributed by atoms with Crippen molar-refractivity contribution in [1.29, 1.82) is 0 Å². The molecule has 0 unspecified atom stereocenters. The molecule has 0 bridgehead atoms. The van der Waals surface area contributed by atoms with E-state index in [9.17, 15) is 9.59 Å². The van der Waals surface area contributed by atoms with Crippen LogP contribution in [0.4, 0.5) is 0 Å². The molecule has 0 amide bonds. The Hall–Kier alpha value is -1.66. The minimum atomic E-state index is 0.106. The quantitative estimate of drug-likeness (QED) is 0.253. The van der Waals surface area contributed by atoms with Gasteiger partial charge in [0.1, 0.15) is 0 Å². The summed E-state index contributed by atoms with van der Waals surface area (Å²) in [6, 6.07) is 15.8. The van der Waals surface area contributed by atoms with Crippen molar-refractivity contribution in [3.05, 3.63) is 69.2 Å². The molecule has 2 heterocycles. The summed E-state index contributed by atoms with van der Waals surface area (Å²) >= 11 is 0.213. The summed E-state index contributed by atoms with van der Waals surface area (Å²) in [6.45, 7) is 4.79. The van der Waals surface area contributed by atoms with Crippen LogP contribution in [-0.4, -0.2) is 62.8 Å². The first-order valence-corrected chi connectivity index (χ1v) is 12.6. The molecule has 146 valence electrons. The van der Waals surface area contributed by atoms with Crippen LogP contribution in [0.25, 0.3) is 19.3 Å². The van der Waals surface area contributed by atoms with E-state index in [4.69, 9.17) is 0 Å². The Bertz CT molecular complexity index is 1090. The molecule has 0 saturated heterocycles. The van der Waals surface area contributed by atoms with E-state index in [1.807, 2.05) is 43.5 Å². The van der Waals surface area contributed by atoms with Crippen LogP contribution in [0.3, 0.4) is 0 Å². The summed E-state index contributed by atoms with van der Waals surface area (Å²) < 4.78 is 6.27. The Labute approximate surface area is 174 Å². The summed E-state index contributed by atoms with van der Waals surface area (Å²) in [5, 5.41) is 8.51. The molecular formula is C20H22N4O2Se2. The molecule has 2 N–H and O–H groups in total. The van der Waals surface area contributed by atoms with Gasteiger partial charge in [0, 0.05) is 0 Å². The van der Waals surface area contributed by atoms with Crippen LogP contribution in [0.1, 0.15) is 0 Å². The van der Waals surface area contributed by atoms with Crippen molar-refractivity contribution < 1.29 is 0 Å². The Morgan fingerprint density at radius 3 is 1.50 bits per heavy atom. The molecule has 0 fully saturated rings. The molecule has 4 aromatic rings. The number of hydrogen-bond donors (Lipinski definition) is 2. The monoisotopic (exact) mass is 510 g/mol. The van der Waals surface area contributed by atoms with Crippen molar-refractivity contribution in [2.75, 3.05) is 26.2 Å². The second-order valence-corrected chi connectivity index (χ2v) is 11.0. The maximum absolute atomic E-state index is 12.3. The van der Waals surface area contributed by atoms with Gasteiger partial charge in [0.25, 0.3) is 0 Å². The predicted octanol–water partition coefficient (Wildman–Crippen LogP) is 0.310. The van der Waals surface area contributed by atoms with Gasteiger partial charge in [-0.1, -0.05) is 0 Å². The molecule has 6 nitrogen and oxygen atoms in total. The van der Waals surface area contributed by atoms with Gasteiger partial charge in [-0.3, -0.25) is 0 Å². The van der Waals surface area contributed by atoms with Crippen molar-refractivity contribution >= 4 is 48.8 Å². The molecule has 2 aromatic carbocycles. The van der Waals surface area contributed by atoms with Crippen molar-refractivity contribution in [1.82, 2.24) is 17.8 Å². The summed E-state index contributed by atoms with van der Waals surface area (Å²) in [6.07, 6.45) is 0. The van der Waals surface area contributed by atoms with Crippen LogP contribution in [0.15, 0.2) is 58.1 Å². The first kappa shape index (κ1) is 19.6. The SMILES string of the molecule is O=c1c2ccccc2[se]n1CCNCCNCCn1[se]c2ccccc2c1=O. The summed E-state index contributed by atoms with van der Waals surface area (Å²) in [5.41, 5.74) is 0.322. The van der Waals surface area contributed by atoms with Crippen molar-refractivity contribution in [3.8, 4) is 0 Å². The Kier molecular flexibility index (Phi) is 6.47. The molecule has 28 heavy (non-hydrogen) atoms. The Morgan fingerprint density at radius 1 is 0.643 bits per heavy atom. The van der Waals surface area contributed by atoms with Crippen molar-refractivity contribution in [3.63, 3.8) is 0 Å². The number of rotatable bonds is 9. The molecular weight excluding hydrogens is 486 g/mol. The van der Waals surface area contributed by atoms with E-state index in [1.165, 1.54) is 8.52 Å². The molecule has 0 radical (unpaired) electrons. The fourth-order valence-electron chi connectivity index (χ4n) is 3.12. The van der Waals surface area contributed by atoms with Gasteiger partial charge in [-0.25, -0.2) is 0 Å². The molecule has 0 aliphatic rings. The van der Waals surface area contributed by atoms with Crippen LogP contribution < -0.4 is 21.8 Å². The molecule has 0 saturated carbocycles. The van der Waals surface area contributed by atoms with Gasteiger partial charge in [0.15, 0.2) is 0 Å². The van der Waals surface area contributed by atoms with E-state index in [1.54, 1.807) is 0 Å². The van der Waals surface area contributed by atoms with E-state index in [0.717, 1.165) is 50.0 Å². The molecule has 4 rings (SSSR count). The molecule has 0 aliphatic carbocycles. The number of nitrogens with zero attached hydrogens (tertiary/aromatic N) is 2. The van der Waals surface area contributed by atoms with E-state index in [0.29, 0.717) is 0 Å². The van der Waals surface area contributed by atoms with E-state index >= 15 is 0 Å². The Balaban J connectivity index is 1.16. The van der Waals surface area contributed by atoms with Crippen LogP contribution >= 0.6 is 0 Å².